The molecule has 0 bridgehead atoms. The molecule has 5 nitrogen and oxygen atoms in total. The molecular weight excluding hydrogens is 252 g/mol. The van der Waals surface area contributed by atoms with Gasteiger partial charge in [0.15, 0.2) is 5.75 Å². The largest absolute Gasteiger partial charge is 0.493 e. The van der Waals surface area contributed by atoms with Crippen LogP contribution in [0.1, 0.15) is 19.9 Å². The lowest BCUT2D eigenvalue weighted by atomic mass is 10.1. The van der Waals surface area contributed by atoms with Crippen LogP contribution in [0.15, 0.2) is 18.5 Å². The van der Waals surface area contributed by atoms with Gasteiger partial charge in [-0.1, -0.05) is 11.6 Å². The van der Waals surface area contributed by atoms with Crippen molar-refractivity contribution in [2.45, 2.75) is 19.9 Å². The highest BCUT2D eigenvalue weighted by molar-refractivity contribution is 6.30. The molecule has 2 aromatic heterocycles. The van der Waals surface area contributed by atoms with E-state index in [0.29, 0.717) is 16.6 Å². The van der Waals surface area contributed by atoms with Crippen molar-refractivity contribution >= 4 is 17.4 Å². The van der Waals surface area contributed by atoms with Crippen LogP contribution >= 0.6 is 11.6 Å². The van der Waals surface area contributed by atoms with Crippen molar-refractivity contribution in [3.8, 4) is 17.0 Å². The average molecular weight is 267 g/mol. The highest BCUT2D eigenvalue weighted by atomic mass is 35.5. The SMILES string of the molecule is COc1cnn(C(C)C)c1-c1cc(Cl)cnc1N. The third-order valence-electron chi connectivity index (χ3n) is 2.61. The second-order valence-electron chi connectivity index (χ2n) is 4.19. The van der Waals surface area contributed by atoms with Crippen molar-refractivity contribution in [1.82, 2.24) is 14.8 Å². The van der Waals surface area contributed by atoms with Crippen LogP contribution in [0.3, 0.4) is 0 Å². The normalized spacial score (nSPS) is 10.9. The Morgan fingerprint density at radius 3 is 2.72 bits per heavy atom. The third-order valence-corrected chi connectivity index (χ3v) is 2.82. The molecule has 0 aliphatic heterocycles. The second kappa shape index (κ2) is 4.86. The fourth-order valence-electron chi connectivity index (χ4n) is 1.78. The van der Waals surface area contributed by atoms with E-state index in [9.17, 15) is 0 Å². The van der Waals surface area contributed by atoms with E-state index in [0.717, 1.165) is 11.3 Å². The summed E-state index contributed by atoms with van der Waals surface area (Å²) in [4.78, 5) is 4.06. The van der Waals surface area contributed by atoms with E-state index in [4.69, 9.17) is 22.1 Å². The molecule has 0 saturated heterocycles. The molecule has 0 radical (unpaired) electrons. The van der Waals surface area contributed by atoms with E-state index in [1.165, 1.54) is 6.20 Å². The topological polar surface area (TPSA) is 66.0 Å². The number of ether oxygens (including phenoxy) is 1. The number of methoxy groups -OCH3 is 1. The molecule has 0 aromatic carbocycles. The predicted molar refractivity (Wildman–Crippen MR) is 71.8 cm³/mol. The Morgan fingerprint density at radius 1 is 1.39 bits per heavy atom. The van der Waals surface area contributed by atoms with Gasteiger partial charge in [0, 0.05) is 17.8 Å². The Morgan fingerprint density at radius 2 is 2.11 bits per heavy atom. The van der Waals surface area contributed by atoms with Crippen LogP contribution in [0, 0.1) is 0 Å². The molecule has 2 N–H and O–H groups in total. The molecule has 0 aliphatic carbocycles. The van der Waals surface area contributed by atoms with Crippen LogP contribution in [0.2, 0.25) is 5.02 Å². The molecule has 96 valence electrons. The van der Waals surface area contributed by atoms with Crippen LogP contribution in [0.25, 0.3) is 11.3 Å². The fourth-order valence-corrected chi connectivity index (χ4v) is 1.94. The molecule has 2 heterocycles. The maximum atomic E-state index is 5.97. The summed E-state index contributed by atoms with van der Waals surface area (Å²) in [6, 6.07) is 1.95. The predicted octanol–water partition coefficient (Wildman–Crippen LogP) is 2.77. The molecule has 2 rings (SSSR count). The Balaban J connectivity index is 2.68. The Hall–Kier alpha value is -1.75. The van der Waals surface area contributed by atoms with Gasteiger partial charge in [0.05, 0.1) is 18.3 Å². The Bertz CT molecular complexity index is 565. The number of aromatic nitrogens is 3. The molecule has 0 unspecified atom stereocenters. The zero-order valence-electron chi connectivity index (χ0n) is 10.5. The molecule has 0 atom stereocenters. The van der Waals surface area contributed by atoms with E-state index < -0.39 is 0 Å². The van der Waals surface area contributed by atoms with E-state index in [1.54, 1.807) is 19.4 Å². The summed E-state index contributed by atoms with van der Waals surface area (Å²) in [6.45, 7) is 4.06. The minimum Gasteiger partial charge on any atom is -0.493 e. The summed E-state index contributed by atoms with van der Waals surface area (Å²) in [5.41, 5.74) is 7.43. The zero-order chi connectivity index (χ0) is 13.3. The van der Waals surface area contributed by atoms with Crippen LogP contribution < -0.4 is 10.5 Å². The molecule has 18 heavy (non-hydrogen) atoms. The van der Waals surface area contributed by atoms with E-state index >= 15 is 0 Å². The summed E-state index contributed by atoms with van der Waals surface area (Å²) in [6.07, 6.45) is 3.18. The highest BCUT2D eigenvalue weighted by Crippen LogP contribution is 2.35. The zero-order valence-corrected chi connectivity index (χ0v) is 11.3. The van der Waals surface area contributed by atoms with Gasteiger partial charge in [-0.3, -0.25) is 4.68 Å². The lowest BCUT2D eigenvalue weighted by Crippen LogP contribution is -2.06. The van der Waals surface area contributed by atoms with E-state index in [2.05, 4.69) is 10.1 Å². The monoisotopic (exact) mass is 266 g/mol. The number of pyridine rings is 1. The number of nitrogen functional groups attached to an aromatic ring is 1. The Kier molecular flexibility index (Phi) is 3.43. The molecule has 0 fully saturated rings. The van der Waals surface area contributed by atoms with Crippen LogP contribution in [-0.2, 0) is 0 Å². The standard InChI is InChI=1S/C12H15ClN4O/c1-7(2)17-11(10(18-3)6-16-17)9-4-8(13)5-15-12(9)14/h4-7H,1-3H3,(H2,14,15). The molecule has 0 spiro atoms. The van der Waals surface area contributed by atoms with Gasteiger partial charge in [-0.05, 0) is 19.9 Å². The second-order valence-corrected chi connectivity index (χ2v) is 4.62. The van der Waals surface area contributed by atoms with Crippen LogP contribution in [0.4, 0.5) is 5.82 Å². The molecule has 0 amide bonds. The van der Waals surface area contributed by atoms with Crippen molar-refractivity contribution in [3.05, 3.63) is 23.5 Å². The smallest absolute Gasteiger partial charge is 0.164 e. The summed E-state index contributed by atoms with van der Waals surface area (Å²) in [5, 5.41) is 4.82. The number of hydrogen-bond acceptors (Lipinski definition) is 4. The van der Waals surface area contributed by atoms with Crippen LogP contribution in [0.5, 0.6) is 5.75 Å². The molecule has 6 heteroatoms. The quantitative estimate of drug-likeness (QED) is 0.928. The van der Waals surface area contributed by atoms with Crippen molar-refractivity contribution in [3.63, 3.8) is 0 Å². The number of rotatable bonds is 3. The van der Waals surface area contributed by atoms with E-state index in [-0.39, 0.29) is 6.04 Å². The molecule has 0 aliphatic rings. The minimum absolute atomic E-state index is 0.183. The molecule has 0 saturated carbocycles. The first-order valence-corrected chi connectivity index (χ1v) is 5.95. The van der Waals surface area contributed by atoms with Gasteiger partial charge in [0.1, 0.15) is 11.5 Å². The number of hydrogen-bond donors (Lipinski definition) is 1. The van der Waals surface area contributed by atoms with E-state index in [1.807, 2.05) is 18.5 Å². The van der Waals surface area contributed by atoms with Crippen molar-refractivity contribution in [2.75, 3.05) is 12.8 Å². The number of nitrogens with zero attached hydrogens (tertiary/aromatic N) is 3. The first kappa shape index (κ1) is 12.7. The third kappa shape index (κ3) is 2.13. The van der Waals surface area contributed by atoms with Crippen LogP contribution in [-0.4, -0.2) is 21.9 Å². The molecular formula is C12H15ClN4O. The van der Waals surface area contributed by atoms with Gasteiger partial charge in [-0.25, -0.2) is 4.98 Å². The van der Waals surface area contributed by atoms with Crippen molar-refractivity contribution in [1.29, 1.82) is 0 Å². The highest BCUT2D eigenvalue weighted by Gasteiger charge is 2.18. The minimum atomic E-state index is 0.183. The van der Waals surface area contributed by atoms with Gasteiger partial charge in [0.2, 0.25) is 0 Å². The number of anilines is 1. The van der Waals surface area contributed by atoms with Gasteiger partial charge in [0.25, 0.3) is 0 Å². The summed E-state index contributed by atoms with van der Waals surface area (Å²) in [5.74, 6) is 1.06. The lowest BCUT2D eigenvalue weighted by molar-refractivity contribution is 0.415. The Labute approximate surface area is 111 Å². The van der Waals surface area contributed by atoms with Gasteiger partial charge in [-0.15, -0.1) is 0 Å². The van der Waals surface area contributed by atoms with Crippen molar-refractivity contribution in [2.24, 2.45) is 0 Å². The number of halogens is 1. The maximum Gasteiger partial charge on any atom is 0.164 e. The van der Waals surface area contributed by atoms with Gasteiger partial charge >= 0.3 is 0 Å². The van der Waals surface area contributed by atoms with Gasteiger partial charge in [-0.2, -0.15) is 5.10 Å². The fraction of sp³-hybridized carbons (Fsp3) is 0.333. The lowest BCUT2D eigenvalue weighted by Gasteiger charge is -2.13. The first-order valence-electron chi connectivity index (χ1n) is 5.57. The number of nitrogens with two attached hydrogens (primary N) is 1. The maximum absolute atomic E-state index is 5.97. The van der Waals surface area contributed by atoms with Crippen molar-refractivity contribution < 1.29 is 4.74 Å². The van der Waals surface area contributed by atoms with Gasteiger partial charge < -0.3 is 10.5 Å². The average Bonchev–Trinajstić information content (AvgIpc) is 2.75. The molecule has 2 aromatic rings. The summed E-state index contributed by atoms with van der Waals surface area (Å²) < 4.78 is 7.15. The summed E-state index contributed by atoms with van der Waals surface area (Å²) in [7, 11) is 1.60. The first-order chi connectivity index (χ1) is 8.54. The summed E-state index contributed by atoms with van der Waals surface area (Å²) >= 11 is 5.97.